The van der Waals surface area contributed by atoms with E-state index in [4.69, 9.17) is 9.68 Å². The summed E-state index contributed by atoms with van der Waals surface area (Å²) in [5.74, 6) is 0. The molecule has 0 saturated carbocycles. The van der Waals surface area contributed by atoms with Gasteiger partial charge < -0.3 is 4.42 Å². The first-order valence-corrected chi connectivity index (χ1v) is 4.05. The van der Waals surface area contributed by atoms with Crippen molar-refractivity contribution in [3.8, 4) is 6.07 Å². The zero-order valence-corrected chi connectivity index (χ0v) is 6.72. The molecular weight excluding hydrogens is 174 g/mol. The van der Waals surface area contributed by atoms with E-state index in [0.29, 0.717) is 11.1 Å². The van der Waals surface area contributed by atoms with Crippen LogP contribution >= 0.6 is 11.3 Å². The second-order valence-electron chi connectivity index (χ2n) is 2.20. The van der Waals surface area contributed by atoms with Gasteiger partial charge in [0.15, 0.2) is 5.58 Å². The lowest BCUT2D eigenvalue weighted by molar-refractivity contribution is 0.584. The maximum Gasteiger partial charge on any atom is 0.396 e. The van der Waals surface area contributed by atoms with Crippen LogP contribution in [-0.2, 0) is 0 Å². The second kappa shape index (κ2) is 2.47. The first-order chi connectivity index (χ1) is 5.81. The highest BCUT2D eigenvalue weighted by molar-refractivity contribution is 7.16. The predicted molar refractivity (Wildman–Crippen MR) is 45.1 cm³/mol. The Morgan fingerprint density at radius 3 is 3.08 bits per heavy atom. The molecule has 2 aromatic rings. The minimum atomic E-state index is -0.368. The van der Waals surface area contributed by atoms with Crippen LogP contribution in [0.15, 0.2) is 27.4 Å². The van der Waals surface area contributed by atoms with Gasteiger partial charge in [0.25, 0.3) is 0 Å². The molecular formula is C8H3NO2S. The minimum absolute atomic E-state index is 0.368. The minimum Gasteiger partial charge on any atom is -0.413 e. The smallest absolute Gasteiger partial charge is 0.396 e. The van der Waals surface area contributed by atoms with Gasteiger partial charge in [0.2, 0.25) is 0 Å². The van der Waals surface area contributed by atoms with E-state index < -0.39 is 0 Å². The molecule has 0 spiro atoms. The van der Waals surface area contributed by atoms with Gasteiger partial charge in [-0.15, -0.1) is 0 Å². The van der Waals surface area contributed by atoms with Crippen LogP contribution < -0.4 is 4.94 Å². The summed E-state index contributed by atoms with van der Waals surface area (Å²) in [7, 11) is 0. The molecule has 0 radical (unpaired) electrons. The topological polar surface area (TPSA) is 54.0 Å². The van der Waals surface area contributed by atoms with Gasteiger partial charge in [-0.2, -0.15) is 5.26 Å². The van der Waals surface area contributed by atoms with Crippen molar-refractivity contribution in [2.24, 2.45) is 0 Å². The quantitative estimate of drug-likeness (QED) is 0.615. The van der Waals surface area contributed by atoms with Gasteiger partial charge in [0.1, 0.15) is 6.07 Å². The van der Waals surface area contributed by atoms with E-state index in [1.54, 1.807) is 18.2 Å². The van der Waals surface area contributed by atoms with Gasteiger partial charge in [-0.1, -0.05) is 17.4 Å². The Balaban J connectivity index is 2.99. The van der Waals surface area contributed by atoms with Crippen molar-refractivity contribution in [1.29, 1.82) is 5.26 Å². The molecule has 0 aliphatic rings. The summed E-state index contributed by atoms with van der Waals surface area (Å²) in [6.45, 7) is 0. The van der Waals surface area contributed by atoms with Crippen molar-refractivity contribution in [1.82, 2.24) is 0 Å². The predicted octanol–water partition coefficient (Wildman–Crippen LogP) is 1.73. The normalized spacial score (nSPS) is 9.92. The molecule has 0 bridgehead atoms. The first-order valence-electron chi connectivity index (χ1n) is 3.24. The number of benzene rings is 1. The molecule has 2 rings (SSSR count). The number of nitrogens with zero attached hydrogens (tertiary/aromatic N) is 1. The van der Waals surface area contributed by atoms with E-state index in [1.165, 1.54) is 0 Å². The van der Waals surface area contributed by atoms with Crippen molar-refractivity contribution in [3.05, 3.63) is 33.5 Å². The van der Waals surface area contributed by atoms with Crippen LogP contribution in [0.5, 0.6) is 0 Å². The van der Waals surface area contributed by atoms with Crippen LogP contribution in [0.2, 0.25) is 0 Å². The van der Waals surface area contributed by atoms with E-state index in [0.717, 1.165) is 16.0 Å². The fraction of sp³-hybridized carbons (Fsp3) is 0. The third kappa shape index (κ3) is 0.917. The summed E-state index contributed by atoms with van der Waals surface area (Å²) in [6.07, 6.45) is 0. The highest BCUT2D eigenvalue weighted by atomic mass is 32.1. The third-order valence-corrected chi connectivity index (χ3v) is 2.27. The Hall–Kier alpha value is -1.60. The molecule has 0 atom stereocenters. The van der Waals surface area contributed by atoms with Gasteiger partial charge in [0.05, 0.1) is 10.3 Å². The highest BCUT2D eigenvalue weighted by Gasteiger charge is 2.05. The Bertz CT molecular complexity index is 518. The molecule has 58 valence electrons. The summed E-state index contributed by atoms with van der Waals surface area (Å²) >= 11 is 1.01. The Morgan fingerprint density at radius 2 is 2.33 bits per heavy atom. The van der Waals surface area contributed by atoms with E-state index in [1.807, 2.05) is 6.07 Å². The van der Waals surface area contributed by atoms with Gasteiger partial charge >= 0.3 is 4.94 Å². The standard InChI is InChI=1S/C8H3NO2S/c9-4-5-2-1-3-6-7(5)11-8(10)12-6/h1-3H. The largest absolute Gasteiger partial charge is 0.413 e. The lowest BCUT2D eigenvalue weighted by atomic mass is 10.2. The lowest BCUT2D eigenvalue weighted by Crippen LogP contribution is -1.80. The van der Waals surface area contributed by atoms with E-state index in [2.05, 4.69) is 0 Å². The summed E-state index contributed by atoms with van der Waals surface area (Å²) in [4.78, 5) is 10.4. The van der Waals surface area contributed by atoms with Gasteiger partial charge in [0, 0.05) is 0 Å². The summed E-state index contributed by atoms with van der Waals surface area (Å²) in [5, 5.41) is 8.64. The van der Waals surface area contributed by atoms with Gasteiger partial charge in [-0.05, 0) is 12.1 Å². The van der Waals surface area contributed by atoms with Crippen LogP contribution in [0.25, 0.3) is 10.3 Å². The van der Waals surface area contributed by atoms with E-state index >= 15 is 0 Å². The molecule has 0 aliphatic carbocycles. The maximum atomic E-state index is 10.8. The number of hydrogen-bond acceptors (Lipinski definition) is 4. The molecule has 3 nitrogen and oxygen atoms in total. The van der Waals surface area contributed by atoms with Gasteiger partial charge in [-0.3, -0.25) is 0 Å². The first kappa shape index (κ1) is 7.07. The summed E-state index contributed by atoms with van der Waals surface area (Å²) in [5.41, 5.74) is 0.806. The van der Waals surface area contributed by atoms with Crippen LogP contribution in [0, 0.1) is 11.3 Å². The second-order valence-corrected chi connectivity index (χ2v) is 3.18. The Kier molecular flexibility index (Phi) is 1.45. The SMILES string of the molecule is N#Cc1cccc2sc(=O)oc12. The number of para-hydroxylation sites is 1. The average molecular weight is 177 g/mol. The Labute approximate surface area is 71.5 Å². The molecule has 1 aromatic carbocycles. The zero-order valence-electron chi connectivity index (χ0n) is 5.90. The molecule has 0 fully saturated rings. The van der Waals surface area contributed by atoms with E-state index in [9.17, 15) is 4.79 Å². The Morgan fingerprint density at radius 1 is 1.50 bits per heavy atom. The molecule has 0 aliphatic heterocycles. The van der Waals surface area contributed by atoms with Crippen LogP contribution in [0.4, 0.5) is 0 Å². The van der Waals surface area contributed by atoms with Crippen LogP contribution in [0.3, 0.4) is 0 Å². The molecule has 1 aromatic heterocycles. The monoisotopic (exact) mass is 177 g/mol. The van der Waals surface area contributed by atoms with Crippen molar-refractivity contribution in [2.75, 3.05) is 0 Å². The highest BCUT2D eigenvalue weighted by Crippen LogP contribution is 2.19. The summed E-state index contributed by atoms with van der Waals surface area (Å²) < 4.78 is 5.55. The molecule has 0 unspecified atom stereocenters. The van der Waals surface area contributed by atoms with Crippen molar-refractivity contribution in [2.45, 2.75) is 0 Å². The van der Waals surface area contributed by atoms with Crippen LogP contribution in [-0.4, -0.2) is 0 Å². The summed E-state index contributed by atoms with van der Waals surface area (Å²) in [6, 6.07) is 7.06. The third-order valence-electron chi connectivity index (χ3n) is 1.48. The van der Waals surface area contributed by atoms with Crippen molar-refractivity contribution >= 4 is 21.6 Å². The molecule has 0 N–H and O–H groups in total. The average Bonchev–Trinajstić information content (AvgIpc) is 2.44. The molecule has 0 saturated heterocycles. The van der Waals surface area contributed by atoms with Crippen molar-refractivity contribution in [3.63, 3.8) is 0 Å². The van der Waals surface area contributed by atoms with Crippen molar-refractivity contribution < 1.29 is 4.42 Å². The molecule has 1 heterocycles. The maximum absolute atomic E-state index is 10.8. The molecule has 4 heteroatoms. The lowest BCUT2D eigenvalue weighted by Gasteiger charge is -1.86. The van der Waals surface area contributed by atoms with E-state index in [-0.39, 0.29) is 4.94 Å². The number of hydrogen-bond donors (Lipinski definition) is 0. The fourth-order valence-corrected chi connectivity index (χ4v) is 1.68. The number of nitriles is 1. The zero-order chi connectivity index (χ0) is 8.55. The fourth-order valence-electron chi connectivity index (χ4n) is 0.983. The van der Waals surface area contributed by atoms with Gasteiger partial charge in [-0.25, -0.2) is 4.79 Å². The molecule has 12 heavy (non-hydrogen) atoms. The number of rotatable bonds is 0. The van der Waals surface area contributed by atoms with Crippen LogP contribution in [0.1, 0.15) is 5.56 Å². The molecule has 0 amide bonds. The number of fused-ring (bicyclic) bond motifs is 1.